The van der Waals surface area contributed by atoms with Crippen LogP contribution in [0.1, 0.15) is 13.8 Å². The Morgan fingerprint density at radius 2 is 0.430 bits per heavy atom. The SMILES string of the molecule is CC#N.CC#N.COc1cccc(OC)c1[O-].COc1cccc(OC)c1[O-].O=P(c1ccccc1)(c1ccccc1)c1ccccc1.O=P(c1ccccc1)(c1ccccc1)c1ccccc1.O=[N+]([O-])[O-].O=[N+]([O-])[O-].O=[N+]([O-])[O-].O=[N+]([O-])[O-].[Dy+3].[Dy+3]. The molecule has 0 aliphatic carbocycles. The van der Waals surface area contributed by atoms with Gasteiger partial charge in [0, 0.05) is 45.7 Å². The summed E-state index contributed by atoms with van der Waals surface area (Å²) in [5.74, 6) is 0.817. The molecule has 0 saturated heterocycles. The molecule has 26 nitrogen and oxygen atoms in total. The molecule has 0 heterocycles. The fourth-order valence-electron chi connectivity index (χ4n) is 6.36. The van der Waals surface area contributed by atoms with Gasteiger partial charge in [-0.25, -0.2) is 0 Å². The van der Waals surface area contributed by atoms with E-state index in [1.54, 1.807) is 48.5 Å². The number of nitriles is 2. The smallest absolute Gasteiger partial charge is 0.867 e. The summed E-state index contributed by atoms with van der Waals surface area (Å²) < 4.78 is 46.8. The van der Waals surface area contributed by atoms with Gasteiger partial charge in [-0.2, -0.15) is 10.5 Å². The third-order valence-electron chi connectivity index (χ3n) is 9.48. The Morgan fingerprint density at radius 1 is 0.314 bits per heavy atom. The van der Waals surface area contributed by atoms with E-state index in [9.17, 15) is 19.3 Å². The van der Waals surface area contributed by atoms with Gasteiger partial charge >= 0.3 is 76.3 Å². The minimum absolute atomic E-state index is 0. The van der Waals surface area contributed by atoms with E-state index in [4.69, 9.17) is 90.8 Å². The predicted molar refractivity (Wildman–Crippen MR) is 314 cm³/mol. The van der Waals surface area contributed by atoms with Gasteiger partial charge in [-0.3, -0.25) is 0 Å². The molecule has 458 valence electrons. The van der Waals surface area contributed by atoms with Crippen LogP contribution in [0.25, 0.3) is 0 Å². The third kappa shape index (κ3) is 33.6. The quantitative estimate of drug-likeness (QED) is 0.0705. The Morgan fingerprint density at radius 3 is 0.535 bits per heavy atom. The molecule has 30 heteroatoms. The summed E-state index contributed by atoms with van der Waals surface area (Å²) in [5, 5.41) is 101. The Labute approximate surface area is 555 Å². The van der Waals surface area contributed by atoms with Crippen LogP contribution < -0.4 is 61.0 Å². The van der Waals surface area contributed by atoms with E-state index in [0.717, 1.165) is 31.8 Å². The minimum atomic E-state index is -2.78. The van der Waals surface area contributed by atoms with Gasteiger partial charge < -0.3 is 99.6 Å². The van der Waals surface area contributed by atoms with Crippen molar-refractivity contribution in [1.29, 1.82) is 10.5 Å². The number of rotatable bonds is 10. The maximum Gasteiger partial charge on any atom is 3.00 e. The van der Waals surface area contributed by atoms with Gasteiger partial charge in [0.1, 0.15) is 23.0 Å². The molecule has 0 unspecified atom stereocenters. The van der Waals surface area contributed by atoms with Gasteiger partial charge in [-0.1, -0.05) is 194 Å². The molecule has 0 N–H and O–H groups in total. The second-order valence-corrected chi connectivity index (χ2v) is 20.1. The summed E-state index contributed by atoms with van der Waals surface area (Å²) >= 11 is 0. The van der Waals surface area contributed by atoms with Crippen LogP contribution in [0.2, 0.25) is 0 Å². The van der Waals surface area contributed by atoms with E-state index >= 15 is 0 Å². The molecule has 0 bridgehead atoms. The average molecular weight is 1520 g/mol. The second kappa shape index (κ2) is 49.7. The summed E-state index contributed by atoms with van der Waals surface area (Å²) in [5.41, 5.74) is 0. The molecule has 0 spiro atoms. The van der Waals surface area contributed by atoms with Crippen LogP contribution in [-0.2, 0) is 9.13 Å². The first-order valence-corrected chi connectivity index (χ1v) is 26.6. The van der Waals surface area contributed by atoms with Gasteiger partial charge in [0.2, 0.25) is 0 Å². The maximum absolute atomic E-state index is 13.8. The molecule has 86 heavy (non-hydrogen) atoms. The fraction of sp³-hybridized carbons (Fsp3) is 0.107. The molecule has 0 aromatic heterocycles. The molecule has 0 saturated carbocycles. The summed E-state index contributed by atoms with van der Waals surface area (Å²) in [4.78, 5) is 33.0. The molecular weight excluding hydrogens is 1460 g/mol. The van der Waals surface area contributed by atoms with E-state index in [0.29, 0.717) is 23.0 Å². The van der Waals surface area contributed by atoms with Crippen molar-refractivity contribution in [2.45, 2.75) is 13.8 Å². The zero-order valence-electron chi connectivity index (χ0n) is 46.2. The van der Waals surface area contributed by atoms with Crippen LogP contribution in [0.5, 0.6) is 34.5 Å². The molecule has 2 radical (unpaired) electrons. The zero-order chi connectivity index (χ0) is 63.9. The molecule has 0 aliphatic heterocycles. The summed E-state index contributed by atoms with van der Waals surface area (Å²) in [7, 11) is 0.265. The molecule has 0 atom stereocenters. The third-order valence-corrected chi connectivity index (χ3v) is 15.6. The van der Waals surface area contributed by atoms with Crippen LogP contribution in [0.3, 0.4) is 0 Å². The van der Waals surface area contributed by atoms with Crippen molar-refractivity contribution in [1.82, 2.24) is 0 Å². The second-order valence-electron chi connectivity index (χ2n) is 14.6. The molecule has 8 aromatic carbocycles. The summed E-state index contributed by atoms with van der Waals surface area (Å²) in [6.45, 7) is 2.86. The Hall–Kier alpha value is -8.65. The standard InChI is InChI=1S/2C18H15OP.2C8H10O3.2C2H3N.2Dy.4NO3/c2*19-20(16-10-4-1-5-11-16,17-12-6-2-7-13-17)18-14-8-3-9-15-18;2*1-10-6-4-3-5-7(11-2)8(6)9;2*1-2-3;;;4*2-1(3)4/h2*1-15H;2*3-5,9H,1-2H3;2*1H3;;;;;;/q;;;;;;2*+3;4*-1/p-2. The number of para-hydroxylation sites is 2. The molecule has 0 fully saturated rings. The van der Waals surface area contributed by atoms with Crippen LogP contribution in [0, 0.1) is 160 Å². The summed E-state index contributed by atoms with van der Waals surface area (Å²) in [6, 6.07) is 71.6. The average Bonchev–Trinajstić information content (AvgIpc) is 1.68. The van der Waals surface area contributed by atoms with Gasteiger partial charge in [0.15, 0.2) is 14.3 Å². The van der Waals surface area contributed by atoms with Crippen LogP contribution in [-0.4, -0.2) is 48.8 Å². The van der Waals surface area contributed by atoms with Gasteiger partial charge in [0.05, 0.1) is 60.9 Å². The van der Waals surface area contributed by atoms with Crippen molar-refractivity contribution >= 4 is 46.1 Å². The van der Waals surface area contributed by atoms with Gasteiger partial charge in [0.25, 0.3) is 0 Å². The first kappa shape index (κ1) is 83.8. The Bertz CT molecular complexity index is 2810. The number of hydrogen-bond acceptors (Lipinski definition) is 22. The number of benzene rings is 8. The predicted octanol–water partition coefficient (Wildman–Crippen LogP) is 8.31. The fourth-order valence-corrected chi connectivity index (χ4v) is 11.7. The number of nitrogens with zero attached hydrogens (tertiary/aromatic N) is 6. The van der Waals surface area contributed by atoms with Crippen molar-refractivity contribution < 1.29 is 135 Å². The molecule has 0 amide bonds. The van der Waals surface area contributed by atoms with Crippen molar-refractivity contribution in [3.05, 3.63) is 280 Å². The van der Waals surface area contributed by atoms with Crippen LogP contribution in [0.15, 0.2) is 218 Å². The first-order chi connectivity index (χ1) is 40.0. The van der Waals surface area contributed by atoms with Crippen LogP contribution in [0.4, 0.5) is 0 Å². The number of methoxy groups -OCH3 is 4. The Kier molecular flexibility index (Phi) is 48.5. The van der Waals surface area contributed by atoms with E-state index < -0.39 is 34.6 Å². The van der Waals surface area contributed by atoms with E-state index in [2.05, 4.69) is 0 Å². The Balaban J connectivity index is -0.000000473. The minimum Gasteiger partial charge on any atom is -0.867 e. The number of ether oxygens (including phenoxy) is 4. The van der Waals surface area contributed by atoms with Crippen LogP contribution >= 0.6 is 14.3 Å². The normalized spacial score (nSPS) is 8.88. The van der Waals surface area contributed by atoms with Gasteiger partial charge in [-0.15, -0.1) is 0 Å². The maximum atomic E-state index is 13.8. The summed E-state index contributed by atoms with van der Waals surface area (Å²) in [6.07, 6.45) is 0. The van der Waals surface area contributed by atoms with Crippen molar-refractivity contribution in [3.8, 4) is 46.6 Å². The topological polar surface area (TPSA) is 430 Å². The zero-order valence-corrected chi connectivity index (χ0v) is 52.0. The molecule has 8 aromatic rings. The monoisotopic (exact) mass is 1520 g/mol. The number of hydrogen-bond donors (Lipinski definition) is 0. The van der Waals surface area contributed by atoms with E-state index in [-0.39, 0.29) is 87.8 Å². The largest absolute Gasteiger partial charge is 3.00 e. The van der Waals surface area contributed by atoms with Gasteiger partial charge in [-0.05, 0) is 35.8 Å². The van der Waals surface area contributed by atoms with Crippen molar-refractivity contribution in [3.63, 3.8) is 0 Å². The van der Waals surface area contributed by atoms with E-state index in [1.807, 2.05) is 182 Å². The molecule has 0 aliphatic rings. The molecular formula is C56H54Dy2N6O20P2. The van der Waals surface area contributed by atoms with Crippen molar-refractivity contribution in [2.24, 2.45) is 0 Å². The first-order valence-electron chi connectivity index (χ1n) is 23.2. The van der Waals surface area contributed by atoms with Crippen molar-refractivity contribution in [2.75, 3.05) is 28.4 Å². The molecule has 8 rings (SSSR count). The van der Waals surface area contributed by atoms with E-state index in [1.165, 1.54) is 42.3 Å².